The summed E-state index contributed by atoms with van der Waals surface area (Å²) in [4.78, 5) is 14.8. The summed E-state index contributed by atoms with van der Waals surface area (Å²) < 4.78 is 11.5. The highest BCUT2D eigenvalue weighted by atomic mass is 16.3. The maximum absolute atomic E-state index is 10.9. The highest BCUT2D eigenvalue weighted by Crippen LogP contribution is 2.45. The van der Waals surface area contributed by atoms with Crippen LogP contribution in [0.15, 0.2) is 186 Å². The number of nitrogens with zero attached hydrogens (tertiary/aromatic N) is 6. The van der Waals surface area contributed by atoms with Gasteiger partial charge in [-0.3, -0.25) is 0 Å². The first-order chi connectivity index (χ1) is 29.2. The average Bonchev–Trinajstić information content (AvgIpc) is 3.97. The Hall–Kier alpha value is -8.34. The minimum absolute atomic E-state index is 0.479. The Morgan fingerprint density at radius 3 is 1.61 bits per heavy atom. The molecule has 0 aliphatic heterocycles. The quantitative estimate of drug-likeness (QED) is 0.175. The van der Waals surface area contributed by atoms with Crippen molar-refractivity contribution in [3.63, 3.8) is 0 Å². The van der Waals surface area contributed by atoms with Gasteiger partial charge in [0.2, 0.25) is 0 Å². The van der Waals surface area contributed by atoms with E-state index in [0.29, 0.717) is 28.6 Å². The number of nitriles is 1. The van der Waals surface area contributed by atoms with Crippen molar-refractivity contribution in [1.29, 1.82) is 5.26 Å². The highest BCUT2D eigenvalue weighted by Gasteiger charge is 2.24. The number of benzene rings is 8. The second kappa shape index (κ2) is 12.8. The molecule has 0 atom stereocenters. The van der Waals surface area contributed by atoms with Gasteiger partial charge >= 0.3 is 0 Å². The van der Waals surface area contributed by atoms with Crippen molar-refractivity contribution in [3.8, 4) is 51.6 Å². The SMILES string of the molecule is N#Cc1cc(-c2nc(-c3ccccc3)nc(-c3ccccc3)n2)ccc1-n1c2ccccc2c2ccc3c(oc4ccc5c6ccccc6n(-c6ccccc6)c5c43)c21. The molecule has 0 unspecified atom stereocenters. The first kappa shape index (κ1) is 32.9. The van der Waals surface area contributed by atoms with E-state index < -0.39 is 0 Å². The molecule has 4 aromatic heterocycles. The molecule has 274 valence electrons. The van der Waals surface area contributed by atoms with Crippen molar-refractivity contribution in [2.24, 2.45) is 0 Å². The van der Waals surface area contributed by atoms with Gasteiger partial charge in [-0.25, -0.2) is 15.0 Å². The van der Waals surface area contributed by atoms with Crippen LogP contribution in [0.1, 0.15) is 5.56 Å². The molecule has 59 heavy (non-hydrogen) atoms. The van der Waals surface area contributed by atoms with Crippen LogP contribution in [0.25, 0.3) is 111 Å². The van der Waals surface area contributed by atoms with Gasteiger partial charge in [0.1, 0.15) is 11.7 Å². The van der Waals surface area contributed by atoms with E-state index in [1.165, 1.54) is 5.39 Å². The van der Waals surface area contributed by atoms with Crippen LogP contribution in [0.2, 0.25) is 0 Å². The Bertz CT molecular complexity index is 3610. The molecule has 0 fully saturated rings. The van der Waals surface area contributed by atoms with Gasteiger partial charge in [0, 0.05) is 49.3 Å². The van der Waals surface area contributed by atoms with Gasteiger partial charge in [-0.05, 0) is 60.7 Å². The van der Waals surface area contributed by atoms with Crippen LogP contribution in [0.5, 0.6) is 0 Å². The first-order valence-corrected chi connectivity index (χ1v) is 19.5. The van der Waals surface area contributed by atoms with Gasteiger partial charge < -0.3 is 13.6 Å². The molecule has 0 aliphatic rings. The van der Waals surface area contributed by atoms with E-state index in [9.17, 15) is 5.26 Å². The van der Waals surface area contributed by atoms with Gasteiger partial charge in [-0.2, -0.15) is 5.26 Å². The molecule has 0 saturated heterocycles. The van der Waals surface area contributed by atoms with Crippen LogP contribution in [0.3, 0.4) is 0 Å². The Kier molecular flexibility index (Phi) is 7.16. The fraction of sp³-hybridized carbons (Fsp3) is 0. The van der Waals surface area contributed by atoms with Crippen molar-refractivity contribution in [3.05, 3.63) is 188 Å². The molecule has 0 spiro atoms. The standard InChI is InChI=1S/C52H30N6O/c53-31-35-30-34(52-55-50(32-14-4-1-5-15-32)54-51(56-52)33-16-6-2-7-17-33)24-28-42(35)58-44-23-13-11-21-38(44)40-25-26-41-46-45(59-49(41)48(40)58)29-27-39-37-20-10-12-22-43(37)57(47(39)46)36-18-8-3-9-19-36/h1-30H. The summed E-state index contributed by atoms with van der Waals surface area (Å²) in [5.74, 6) is 1.61. The fourth-order valence-electron chi connectivity index (χ4n) is 8.81. The number of hydrogen-bond acceptors (Lipinski definition) is 5. The predicted octanol–water partition coefficient (Wildman–Crippen LogP) is 12.8. The third kappa shape index (κ3) is 4.97. The van der Waals surface area contributed by atoms with Gasteiger partial charge in [-0.1, -0.05) is 121 Å². The predicted molar refractivity (Wildman–Crippen MR) is 237 cm³/mol. The molecule has 0 saturated carbocycles. The first-order valence-electron chi connectivity index (χ1n) is 19.5. The zero-order valence-corrected chi connectivity index (χ0v) is 31.4. The van der Waals surface area contributed by atoms with Crippen LogP contribution in [-0.2, 0) is 0 Å². The second-order valence-corrected chi connectivity index (χ2v) is 14.7. The van der Waals surface area contributed by atoms with E-state index in [1.807, 2.05) is 91.0 Å². The van der Waals surface area contributed by atoms with Crippen LogP contribution < -0.4 is 0 Å². The Morgan fingerprint density at radius 2 is 0.966 bits per heavy atom. The summed E-state index contributed by atoms with van der Waals surface area (Å²) in [6, 6.07) is 64.3. The van der Waals surface area contributed by atoms with Crippen LogP contribution in [-0.4, -0.2) is 24.1 Å². The normalized spacial score (nSPS) is 11.7. The van der Waals surface area contributed by atoms with Crippen molar-refractivity contribution in [1.82, 2.24) is 24.1 Å². The molecule has 7 nitrogen and oxygen atoms in total. The fourth-order valence-corrected chi connectivity index (χ4v) is 8.81. The molecule has 0 amide bonds. The third-order valence-electron chi connectivity index (χ3n) is 11.4. The van der Waals surface area contributed by atoms with Gasteiger partial charge in [-0.15, -0.1) is 0 Å². The van der Waals surface area contributed by atoms with Crippen LogP contribution in [0, 0.1) is 11.3 Å². The summed E-state index contributed by atoms with van der Waals surface area (Å²) >= 11 is 0. The second-order valence-electron chi connectivity index (χ2n) is 14.7. The molecule has 0 N–H and O–H groups in total. The third-order valence-corrected chi connectivity index (χ3v) is 11.4. The van der Waals surface area contributed by atoms with Crippen molar-refractivity contribution in [2.45, 2.75) is 0 Å². The highest BCUT2D eigenvalue weighted by molar-refractivity contribution is 6.28. The van der Waals surface area contributed by atoms with Crippen molar-refractivity contribution in [2.75, 3.05) is 0 Å². The molecular formula is C52H30N6O. The summed E-state index contributed by atoms with van der Waals surface area (Å²) in [6.07, 6.45) is 0. The summed E-state index contributed by atoms with van der Waals surface area (Å²) in [5.41, 5.74) is 10.4. The summed E-state index contributed by atoms with van der Waals surface area (Å²) in [5, 5.41) is 17.4. The minimum atomic E-state index is 0.479. The molecular weight excluding hydrogens is 725 g/mol. The van der Waals surface area contributed by atoms with Crippen molar-refractivity contribution >= 4 is 65.6 Å². The number of fused-ring (bicyclic) bond motifs is 11. The Morgan fingerprint density at radius 1 is 0.441 bits per heavy atom. The van der Waals surface area contributed by atoms with E-state index >= 15 is 0 Å². The molecule has 0 radical (unpaired) electrons. The lowest BCUT2D eigenvalue weighted by Gasteiger charge is -2.12. The maximum atomic E-state index is 10.9. The number of rotatable bonds is 5. The average molecular weight is 755 g/mol. The number of para-hydroxylation sites is 3. The molecule has 0 bridgehead atoms. The van der Waals surface area contributed by atoms with E-state index in [0.717, 1.165) is 82.7 Å². The van der Waals surface area contributed by atoms with Gasteiger partial charge in [0.15, 0.2) is 23.1 Å². The summed E-state index contributed by atoms with van der Waals surface area (Å²) in [6.45, 7) is 0. The van der Waals surface area contributed by atoms with E-state index in [1.54, 1.807) is 0 Å². The van der Waals surface area contributed by atoms with Gasteiger partial charge in [0.25, 0.3) is 0 Å². The van der Waals surface area contributed by atoms with Crippen LogP contribution in [0.4, 0.5) is 0 Å². The monoisotopic (exact) mass is 754 g/mol. The Labute approximate surface area is 337 Å². The lowest BCUT2D eigenvalue weighted by Crippen LogP contribution is -2.02. The van der Waals surface area contributed by atoms with Crippen molar-refractivity contribution < 1.29 is 4.42 Å². The number of hydrogen-bond donors (Lipinski definition) is 0. The number of aromatic nitrogens is 5. The maximum Gasteiger partial charge on any atom is 0.164 e. The Balaban J connectivity index is 1.12. The smallest absolute Gasteiger partial charge is 0.164 e. The zero-order chi connectivity index (χ0) is 39.0. The minimum Gasteiger partial charge on any atom is -0.454 e. The molecule has 8 aromatic carbocycles. The lowest BCUT2D eigenvalue weighted by molar-refractivity contribution is 0.671. The zero-order valence-electron chi connectivity index (χ0n) is 31.4. The lowest BCUT2D eigenvalue weighted by atomic mass is 10.1. The largest absolute Gasteiger partial charge is 0.454 e. The molecule has 4 heterocycles. The molecule has 7 heteroatoms. The molecule has 12 rings (SSSR count). The molecule has 12 aromatic rings. The molecule has 0 aliphatic carbocycles. The van der Waals surface area contributed by atoms with E-state index in [4.69, 9.17) is 19.4 Å². The summed E-state index contributed by atoms with van der Waals surface area (Å²) in [7, 11) is 0. The van der Waals surface area contributed by atoms with Crippen LogP contribution >= 0.6 is 0 Å². The van der Waals surface area contributed by atoms with E-state index in [2.05, 4.69) is 106 Å². The topological polar surface area (TPSA) is 85.5 Å². The van der Waals surface area contributed by atoms with Gasteiger partial charge in [0.05, 0.1) is 38.7 Å². The number of furan rings is 1. The van der Waals surface area contributed by atoms with E-state index in [-0.39, 0.29) is 0 Å².